The second-order valence-electron chi connectivity index (χ2n) is 5.82. The number of pyridine rings is 1. The summed E-state index contributed by atoms with van der Waals surface area (Å²) in [7, 11) is 0. The molecule has 0 bridgehead atoms. The van der Waals surface area contributed by atoms with E-state index in [1.807, 2.05) is 23.1 Å². The van der Waals surface area contributed by atoms with Crippen molar-refractivity contribution < 1.29 is 9.18 Å². The zero-order chi connectivity index (χ0) is 16.9. The largest absolute Gasteiger partial charge is 0.353 e. The Morgan fingerprint density at radius 2 is 1.79 bits per heavy atom. The SMILES string of the molecule is C/C(=C\c1ccccc1F)C(=O)N1CCN(c2ccccn2)CC1. The minimum Gasteiger partial charge on any atom is -0.353 e. The lowest BCUT2D eigenvalue weighted by Crippen LogP contribution is -2.49. The monoisotopic (exact) mass is 325 g/mol. The average molecular weight is 325 g/mol. The van der Waals surface area contributed by atoms with Crippen molar-refractivity contribution in [3.8, 4) is 0 Å². The van der Waals surface area contributed by atoms with Crippen LogP contribution in [0.15, 0.2) is 54.2 Å². The number of benzene rings is 1. The van der Waals surface area contributed by atoms with Gasteiger partial charge in [-0.2, -0.15) is 0 Å². The van der Waals surface area contributed by atoms with E-state index in [9.17, 15) is 9.18 Å². The fourth-order valence-electron chi connectivity index (χ4n) is 2.82. The molecule has 1 saturated heterocycles. The van der Waals surface area contributed by atoms with Crippen molar-refractivity contribution in [2.45, 2.75) is 6.92 Å². The summed E-state index contributed by atoms with van der Waals surface area (Å²) in [6.45, 7) is 4.50. The Bertz CT molecular complexity index is 737. The maximum atomic E-state index is 13.7. The minimum atomic E-state index is -0.315. The highest BCUT2D eigenvalue weighted by Gasteiger charge is 2.22. The minimum absolute atomic E-state index is 0.0427. The van der Waals surface area contributed by atoms with Crippen molar-refractivity contribution in [2.75, 3.05) is 31.1 Å². The smallest absolute Gasteiger partial charge is 0.249 e. The number of anilines is 1. The van der Waals surface area contributed by atoms with Gasteiger partial charge in [-0.15, -0.1) is 0 Å². The highest BCUT2D eigenvalue weighted by atomic mass is 19.1. The number of halogens is 1. The van der Waals surface area contributed by atoms with E-state index in [2.05, 4.69) is 9.88 Å². The highest BCUT2D eigenvalue weighted by Crippen LogP contribution is 2.16. The molecule has 0 saturated carbocycles. The number of amides is 1. The third-order valence-electron chi connectivity index (χ3n) is 4.15. The molecule has 3 rings (SSSR count). The van der Waals surface area contributed by atoms with Crippen LogP contribution in [-0.4, -0.2) is 42.0 Å². The predicted octanol–water partition coefficient (Wildman–Crippen LogP) is 2.97. The number of carbonyl (C=O) groups excluding carboxylic acids is 1. The van der Waals surface area contributed by atoms with E-state index in [0.717, 1.165) is 18.9 Å². The van der Waals surface area contributed by atoms with Crippen LogP contribution in [-0.2, 0) is 4.79 Å². The summed E-state index contributed by atoms with van der Waals surface area (Å²) in [5.74, 6) is 0.576. The van der Waals surface area contributed by atoms with Crippen LogP contribution in [0.25, 0.3) is 6.08 Å². The molecule has 0 radical (unpaired) electrons. The zero-order valence-corrected chi connectivity index (χ0v) is 13.7. The first-order valence-corrected chi connectivity index (χ1v) is 8.03. The Balaban J connectivity index is 1.64. The molecule has 1 aromatic carbocycles. The molecule has 1 fully saturated rings. The first-order valence-electron chi connectivity index (χ1n) is 8.03. The first-order chi connectivity index (χ1) is 11.6. The van der Waals surface area contributed by atoms with Crippen LogP contribution in [0.5, 0.6) is 0 Å². The van der Waals surface area contributed by atoms with E-state index in [1.165, 1.54) is 6.07 Å². The normalized spacial score (nSPS) is 15.5. The average Bonchev–Trinajstić information content (AvgIpc) is 2.64. The molecule has 1 aliphatic rings. The van der Waals surface area contributed by atoms with Crippen molar-refractivity contribution in [1.29, 1.82) is 0 Å². The van der Waals surface area contributed by atoms with E-state index < -0.39 is 0 Å². The van der Waals surface area contributed by atoms with Crippen molar-refractivity contribution in [1.82, 2.24) is 9.88 Å². The number of hydrogen-bond acceptors (Lipinski definition) is 3. The summed E-state index contributed by atoms with van der Waals surface area (Å²) in [6, 6.07) is 12.3. The molecule has 2 aromatic rings. The van der Waals surface area contributed by atoms with Crippen molar-refractivity contribution in [3.05, 3.63) is 65.6 Å². The molecule has 0 atom stereocenters. The fraction of sp³-hybridized carbons (Fsp3) is 0.263. The lowest BCUT2D eigenvalue weighted by atomic mass is 10.1. The van der Waals surface area contributed by atoms with Gasteiger partial charge in [0.1, 0.15) is 11.6 Å². The number of nitrogens with zero attached hydrogens (tertiary/aromatic N) is 3. The van der Waals surface area contributed by atoms with Gasteiger partial charge in [0.25, 0.3) is 0 Å². The molecule has 0 unspecified atom stereocenters. The summed E-state index contributed by atoms with van der Waals surface area (Å²) < 4.78 is 13.7. The molecule has 4 nitrogen and oxygen atoms in total. The van der Waals surface area contributed by atoms with Crippen LogP contribution in [0.1, 0.15) is 12.5 Å². The molecule has 0 aliphatic carbocycles. The van der Waals surface area contributed by atoms with Gasteiger partial charge in [0.15, 0.2) is 0 Å². The summed E-state index contributed by atoms with van der Waals surface area (Å²) in [5.41, 5.74) is 0.988. The Morgan fingerprint density at radius 1 is 1.08 bits per heavy atom. The number of rotatable bonds is 3. The standard InChI is InChI=1S/C19H20FN3O/c1-15(14-16-6-2-3-7-17(16)20)19(24)23-12-10-22(11-13-23)18-8-4-5-9-21-18/h2-9,14H,10-13H2,1H3/b15-14+. The molecule has 124 valence electrons. The Morgan fingerprint density at radius 3 is 2.46 bits per heavy atom. The molecule has 0 spiro atoms. The lowest BCUT2D eigenvalue weighted by Gasteiger charge is -2.35. The van der Waals surface area contributed by atoms with Gasteiger partial charge in [0.2, 0.25) is 5.91 Å². The predicted molar refractivity (Wildman–Crippen MR) is 93.1 cm³/mol. The molecular formula is C19H20FN3O. The van der Waals surface area contributed by atoms with Gasteiger partial charge >= 0.3 is 0 Å². The lowest BCUT2D eigenvalue weighted by molar-refractivity contribution is -0.127. The maximum absolute atomic E-state index is 13.7. The van der Waals surface area contributed by atoms with Gasteiger partial charge in [-0.3, -0.25) is 4.79 Å². The van der Waals surface area contributed by atoms with E-state index >= 15 is 0 Å². The quantitative estimate of drug-likeness (QED) is 0.814. The fourth-order valence-corrected chi connectivity index (χ4v) is 2.82. The second kappa shape index (κ2) is 7.25. The van der Waals surface area contributed by atoms with Crippen molar-refractivity contribution >= 4 is 17.8 Å². The molecule has 1 aromatic heterocycles. The zero-order valence-electron chi connectivity index (χ0n) is 13.7. The van der Waals surface area contributed by atoms with Crippen LogP contribution in [0.4, 0.5) is 10.2 Å². The van der Waals surface area contributed by atoms with Gasteiger partial charge < -0.3 is 9.80 Å². The number of hydrogen-bond donors (Lipinski definition) is 0. The Kier molecular flexibility index (Phi) is 4.89. The summed E-state index contributed by atoms with van der Waals surface area (Å²) in [5, 5.41) is 0. The molecule has 24 heavy (non-hydrogen) atoms. The van der Waals surface area contributed by atoms with Crippen LogP contribution in [0.3, 0.4) is 0 Å². The van der Waals surface area contributed by atoms with E-state index in [1.54, 1.807) is 37.4 Å². The molecular weight excluding hydrogens is 305 g/mol. The molecule has 1 aliphatic heterocycles. The third-order valence-corrected chi connectivity index (χ3v) is 4.15. The second-order valence-corrected chi connectivity index (χ2v) is 5.82. The summed E-state index contributed by atoms with van der Waals surface area (Å²) in [4.78, 5) is 20.9. The summed E-state index contributed by atoms with van der Waals surface area (Å²) >= 11 is 0. The first kappa shape index (κ1) is 16.2. The van der Waals surface area contributed by atoms with Crippen molar-refractivity contribution in [2.24, 2.45) is 0 Å². The molecule has 2 heterocycles. The molecule has 5 heteroatoms. The highest BCUT2D eigenvalue weighted by molar-refractivity contribution is 5.97. The molecule has 1 amide bonds. The van der Waals surface area contributed by atoms with Crippen molar-refractivity contribution in [3.63, 3.8) is 0 Å². The van der Waals surface area contributed by atoms with Gasteiger partial charge in [-0.1, -0.05) is 24.3 Å². The topological polar surface area (TPSA) is 36.4 Å². The van der Waals surface area contributed by atoms with Crippen LogP contribution < -0.4 is 4.90 Å². The van der Waals surface area contributed by atoms with Gasteiger partial charge in [0.05, 0.1) is 0 Å². The number of carbonyl (C=O) groups is 1. The third kappa shape index (κ3) is 3.62. The van der Waals surface area contributed by atoms with Crippen LogP contribution >= 0.6 is 0 Å². The maximum Gasteiger partial charge on any atom is 0.249 e. The Hall–Kier alpha value is -2.69. The van der Waals surface area contributed by atoms with Gasteiger partial charge in [-0.05, 0) is 31.2 Å². The van der Waals surface area contributed by atoms with E-state index in [-0.39, 0.29) is 11.7 Å². The van der Waals surface area contributed by atoms with Gasteiger partial charge in [0, 0.05) is 43.5 Å². The van der Waals surface area contributed by atoms with E-state index in [4.69, 9.17) is 0 Å². The molecule has 0 N–H and O–H groups in total. The summed E-state index contributed by atoms with van der Waals surface area (Å²) in [6.07, 6.45) is 3.39. The number of piperazine rings is 1. The Labute approximate surface area is 141 Å². The van der Waals surface area contributed by atoms with Crippen LogP contribution in [0.2, 0.25) is 0 Å². The van der Waals surface area contributed by atoms with Crippen LogP contribution in [0, 0.1) is 5.82 Å². The van der Waals surface area contributed by atoms with Gasteiger partial charge in [-0.25, -0.2) is 9.37 Å². The van der Waals surface area contributed by atoms with E-state index in [0.29, 0.717) is 24.2 Å². The number of aromatic nitrogens is 1.